The largest absolute Gasteiger partial charge is 0.439 e. The van der Waals surface area contributed by atoms with Gasteiger partial charge in [0.1, 0.15) is 5.75 Å². The number of amides is 1. The molecule has 0 saturated heterocycles. The van der Waals surface area contributed by atoms with Crippen molar-refractivity contribution < 1.29 is 9.53 Å². The number of nitrogens with zero attached hydrogens (tertiary/aromatic N) is 1. The van der Waals surface area contributed by atoms with E-state index in [1.165, 1.54) is 0 Å². The molecule has 0 saturated carbocycles. The summed E-state index contributed by atoms with van der Waals surface area (Å²) in [6.07, 6.45) is 1.68. The van der Waals surface area contributed by atoms with Crippen LogP contribution >= 0.6 is 0 Å². The zero-order valence-corrected chi connectivity index (χ0v) is 14.3. The Morgan fingerprint density at radius 3 is 2.60 bits per heavy atom. The molecule has 0 radical (unpaired) electrons. The van der Waals surface area contributed by atoms with Gasteiger partial charge >= 0.3 is 0 Å². The summed E-state index contributed by atoms with van der Waals surface area (Å²) in [5, 5.41) is 2.94. The number of rotatable bonds is 5. The van der Waals surface area contributed by atoms with Gasteiger partial charge in [0.15, 0.2) is 0 Å². The van der Waals surface area contributed by atoms with Gasteiger partial charge < -0.3 is 10.1 Å². The number of benzene rings is 2. The molecule has 25 heavy (non-hydrogen) atoms. The van der Waals surface area contributed by atoms with Crippen molar-refractivity contribution in [3.05, 3.63) is 89.1 Å². The molecule has 0 aliphatic carbocycles. The zero-order valence-electron chi connectivity index (χ0n) is 14.3. The molecule has 1 N–H and O–H groups in total. The molecule has 1 aromatic heterocycles. The molecule has 2 aromatic carbocycles. The molecular weight excluding hydrogens is 312 g/mol. The summed E-state index contributed by atoms with van der Waals surface area (Å²) in [5.41, 5.74) is 3.74. The Labute approximate surface area is 147 Å². The number of aryl methyl sites for hydroxylation is 2. The second-order valence-corrected chi connectivity index (χ2v) is 5.92. The van der Waals surface area contributed by atoms with Gasteiger partial charge in [-0.2, -0.15) is 0 Å². The molecule has 126 valence electrons. The minimum Gasteiger partial charge on any atom is -0.439 e. The van der Waals surface area contributed by atoms with Crippen molar-refractivity contribution in [1.82, 2.24) is 10.3 Å². The first-order valence-electron chi connectivity index (χ1n) is 8.15. The average Bonchev–Trinajstić information content (AvgIpc) is 2.61. The number of para-hydroxylation sites is 1. The van der Waals surface area contributed by atoms with Crippen LogP contribution in [-0.2, 0) is 6.54 Å². The first-order chi connectivity index (χ1) is 12.1. The van der Waals surface area contributed by atoms with Gasteiger partial charge in [0.2, 0.25) is 5.88 Å². The van der Waals surface area contributed by atoms with E-state index in [0.717, 1.165) is 22.4 Å². The Balaban J connectivity index is 1.65. The Morgan fingerprint density at radius 2 is 1.84 bits per heavy atom. The van der Waals surface area contributed by atoms with Gasteiger partial charge in [-0.15, -0.1) is 0 Å². The predicted molar refractivity (Wildman–Crippen MR) is 97.8 cm³/mol. The smallest absolute Gasteiger partial charge is 0.251 e. The summed E-state index contributed by atoms with van der Waals surface area (Å²) in [7, 11) is 0. The molecule has 0 unspecified atom stereocenters. The summed E-state index contributed by atoms with van der Waals surface area (Å²) >= 11 is 0. The topological polar surface area (TPSA) is 51.2 Å². The SMILES string of the molecule is Cc1ccc(C(=O)NCc2ccnc(Oc3ccccc3)c2)c(C)c1. The summed E-state index contributed by atoms with van der Waals surface area (Å²) in [6, 6.07) is 19.0. The molecule has 4 heteroatoms. The van der Waals surface area contributed by atoms with Gasteiger partial charge in [0, 0.05) is 24.4 Å². The first-order valence-corrected chi connectivity index (χ1v) is 8.15. The van der Waals surface area contributed by atoms with Crippen LogP contribution in [0.5, 0.6) is 11.6 Å². The lowest BCUT2D eigenvalue weighted by molar-refractivity contribution is 0.0950. The van der Waals surface area contributed by atoms with Crippen molar-refractivity contribution >= 4 is 5.91 Å². The van der Waals surface area contributed by atoms with Crippen molar-refractivity contribution in [3.63, 3.8) is 0 Å². The highest BCUT2D eigenvalue weighted by Gasteiger charge is 2.09. The molecule has 0 aliphatic heterocycles. The van der Waals surface area contributed by atoms with Crippen LogP contribution in [-0.4, -0.2) is 10.9 Å². The minimum atomic E-state index is -0.0835. The van der Waals surface area contributed by atoms with Gasteiger partial charge in [-0.25, -0.2) is 4.98 Å². The fourth-order valence-corrected chi connectivity index (χ4v) is 2.57. The standard InChI is InChI=1S/C21H20N2O2/c1-15-8-9-19(16(2)12-15)21(24)23-14-17-10-11-22-20(13-17)25-18-6-4-3-5-7-18/h3-13H,14H2,1-2H3,(H,23,24). The van der Waals surface area contributed by atoms with Gasteiger partial charge in [-0.3, -0.25) is 4.79 Å². The van der Waals surface area contributed by atoms with Crippen LogP contribution in [0.1, 0.15) is 27.0 Å². The quantitative estimate of drug-likeness (QED) is 0.752. The summed E-state index contributed by atoms with van der Waals surface area (Å²) < 4.78 is 5.72. The van der Waals surface area contributed by atoms with Crippen LogP contribution in [0.25, 0.3) is 0 Å². The highest BCUT2D eigenvalue weighted by molar-refractivity contribution is 5.95. The van der Waals surface area contributed by atoms with Crippen LogP contribution in [0.15, 0.2) is 66.9 Å². The van der Waals surface area contributed by atoms with E-state index in [1.807, 2.05) is 74.5 Å². The number of aromatic nitrogens is 1. The Hall–Kier alpha value is -3.14. The van der Waals surface area contributed by atoms with Gasteiger partial charge in [-0.05, 0) is 49.2 Å². The van der Waals surface area contributed by atoms with E-state index in [9.17, 15) is 4.79 Å². The van der Waals surface area contributed by atoms with E-state index >= 15 is 0 Å². The molecular formula is C21H20N2O2. The fourth-order valence-electron chi connectivity index (χ4n) is 2.57. The highest BCUT2D eigenvalue weighted by Crippen LogP contribution is 2.19. The van der Waals surface area contributed by atoms with Crippen molar-refractivity contribution in [2.45, 2.75) is 20.4 Å². The lowest BCUT2D eigenvalue weighted by Crippen LogP contribution is -2.23. The lowest BCUT2D eigenvalue weighted by Gasteiger charge is -2.10. The van der Waals surface area contributed by atoms with Crippen molar-refractivity contribution in [1.29, 1.82) is 0 Å². The van der Waals surface area contributed by atoms with E-state index < -0.39 is 0 Å². The van der Waals surface area contributed by atoms with Crippen molar-refractivity contribution in [3.8, 4) is 11.6 Å². The maximum Gasteiger partial charge on any atom is 0.251 e. The third-order valence-electron chi connectivity index (χ3n) is 3.84. The number of nitrogens with one attached hydrogen (secondary N) is 1. The van der Waals surface area contributed by atoms with Crippen LogP contribution in [0.3, 0.4) is 0 Å². The molecule has 0 aliphatic rings. The Kier molecular flexibility index (Phi) is 5.09. The van der Waals surface area contributed by atoms with Gasteiger partial charge in [0.05, 0.1) is 0 Å². The van der Waals surface area contributed by atoms with Crippen LogP contribution in [0.2, 0.25) is 0 Å². The van der Waals surface area contributed by atoms with E-state index in [1.54, 1.807) is 6.20 Å². The zero-order chi connectivity index (χ0) is 17.6. The Morgan fingerprint density at radius 1 is 1.04 bits per heavy atom. The third-order valence-corrected chi connectivity index (χ3v) is 3.84. The van der Waals surface area contributed by atoms with Crippen molar-refractivity contribution in [2.75, 3.05) is 0 Å². The molecule has 1 amide bonds. The van der Waals surface area contributed by atoms with Crippen LogP contribution in [0.4, 0.5) is 0 Å². The number of ether oxygens (including phenoxy) is 1. The van der Waals surface area contributed by atoms with E-state index in [0.29, 0.717) is 18.0 Å². The fraction of sp³-hybridized carbons (Fsp3) is 0.143. The minimum absolute atomic E-state index is 0.0835. The molecule has 0 bridgehead atoms. The number of hydrogen-bond acceptors (Lipinski definition) is 3. The molecule has 0 fully saturated rings. The molecule has 3 aromatic rings. The van der Waals surface area contributed by atoms with E-state index in [4.69, 9.17) is 4.74 Å². The predicted octanol–water partition coefficient (Wildman–Crippen LogP) is 4.42. The van der Waals surface area contributed by atoms with E-state index in [2.05, 4.69) is 10.3 Å². The third kappa shape index (κ3) is 4.44. The molecule has 0 atom stereocenters. The number of hydrogen-bond donors (Lipinski definition) is 1. The number of pyridine rings is 1. The second kappa shape index (κ2) is 7.62. The molecule has 0 spiro atoms. The van der Waals surface area contributed by atoms with Crippen molar-refractivity contribution in [2.24, 2.45) is 0 Å². The van der Waals surface area contributed by atoms with Crippen LogP contribution in [0, 0.1) is 13.8 Å². The Bertz CT molecular complexity index is 876. The number of carbonyl (C=O) groups is 1. The van der Waals surface area contributed by atoms with Gasteiger partial charge in [-0.1, -0.05) is 35.9 Å². The number of carbonyl (C=O) groups excluding carboxylic acids is 1. The highest BCUT2D eigenvalue weighted by atomic mass is 16.5. The normalized spacial score (nSPS) is 10.3. The molecule has 4 nitrogen and oxygen atoms in total. The first kappa shape index (κ1) is 16.7. The summed E-state index contributed by atoms with van der Waals surface area (Å²) in [5.74, 6) is 1.15. The summed E-state index contributed by atoms with van der Waals surface area (Å²) in [4.78, 5) is 16.6. The lowest BCUT2D eigenvalue weighted by atomic mass is 10.1. The monoisotopic (exact) mass is 332 g/mol. The second-order valence-electron chi connectivity index (χ2n) is 5.92. The van der Waals surface area contributed by atoms with Gasteiger partial charge in [0.25, 0.3) is 5.91 Å². The van der Waals surface area contributed by atoms with Crippen LogP contribution < -0.4 is 10.1 Å². The molecule has 3 rings (SSSR count). The average molecular weight is 332 g/mol. The molecule has 1 heterocycles. The summed E-state index contributed by atoms with van der Waals surface area (Å²) in [6.45, 7) is 4.37. The maximum absolute atomic E-state index is 12.4. The maximum atomic E-state index is 12.4. The van der Waals surface area contributed by atoms with E-state index in [-0.39, 0.29) is 5.91 Å².